The number of hydrogen-bond donors (Lipinski definition) is 2. The molecule has 0 aliphatic heterocycles. The molecule has 0 fully saturated rings. The average Bonchev–Trinajstić information content (AvgIpc) is 2.40. The standard InChI is InChI=1S/C11H13FO2/c1-11(6-13)5-7-4-8(12)2-3-9(7)10(11)14/h2-4,10,13-14H,5-6H2,1H3/t10-,11-/m1/s1. The molecule has 0 heterocycles. The Morgan fingerprint density at radius 3 is 2.93 bits per heavy atom. The number of aliphatic hydroxyl groups excluding tert-OH is 2. The van der Waals surface area contributed by atoms with Crippen molar-refractivity contribution in [2.24, 2.45) is 5.41 Å². The van der Waals surface area contributed by atoms with Crippen LogP contribution in [0.25, 0.3) is 0 Å². The van der Waals surface area contributed by atoms with E-state index in [0.717, 1.165) is 11.1 Å². The topological polar surface area (TPSA) is 40.5 Å². The fourth-order valence-corrected chi connectivity index (χ4v) is 2.04. The second kappa shape index (κ2) is 3.04. The summed E-state index contributed by atoms with van der Waals surface area (Å²) in [5.41, 5.74) is 0.979. The maximum absolute atomic E-state index is 12.9. The van der Waals surface area contributed by atoms with Gasteiger partial charge in [-0.1, -0.05) is 13.0 Å². The Hall–Kier alpha value is -0.930. The van der Waals surface area contributed by atoms with Crippen molar-refractivity contribution in [2.75, 3.05) is 6.61 Å². The summed E-state index contributed by atoms with van der Waals surface area (Å²) >= 11 is 0. The van der Waals surface area contributed by atoms with Crippen molar-refractivity contribution >= 4 is 0 Å². The molecule has 0 unspecified atom stereocenters. The molecule has 2 rings (SSSR count). The van der Waals surface area contributed by atoms with Gasteiger partial charge in [0, 0.05) is 5.41 Å². The van der Waals surface area contributed by atoms with Crippen LogP contribution < -0.4 is 0 Å². The van der Waals surface area contributed by atoms with Crippen LogP contribution in [0.5, 0.6) is 0 Å². The van der Waals surface area contributed by atoms with Crippen LogP contribution >= 0.6 is 0 Å². The highest BCUT2D eigenvalue weighted by molar-refractivity contribution is 5.37. The molecule has 0 aromatic heterocycles. The second-order valence-corrected chi connectivity index (χ2v) is 4.23. The van der Waals surface area contributed by atoms with E-state index in [1.54, 1.807) is 13.0 Å². The molecule has 1 aromatic carbocycles. The normalized spacial score (nSPS) is 30.4. The minimum Gasteiger partial charge on any atom is -0.396 e. The van der Waals surface area contributed by atoms with E-state index in [4.69, 9.17) is 0 Å². The van der Waals surface area contributed by atoms with Crippen LogP contribution in [0, 0.1) is 11.2 Å². The first-order valence-corrected chi connectivity index (χ1v) is 4.64. The molecule has 3 heteroatoms. The molecule has 2 nitrogen and oxygen atoms in total. The van der Waals surface area contributed by atoms with Crippen LogP contribution in [-0.2, 0) is 6.42 Å². The largest absolute Gasteiger partial charge is 0.396 e. The second-order valence-electron chi connectivity index (χ2n) is 4.23. The molecule has 0 amide bonds. The van der Waals surface area contributed by atoms with Crippen LogP contribution in [0.1, 0.15) is 24.2 Å². The molecule has 0 radical (unpaired) electrons. The molecule has 0 saturated carbocycles. The predicted molar refractivity (Wildman–Crippen MR) is 50.3 cm³/mol. The summed E-state index contributed by atoms with van der Waals surface area (Å²) in [6.45, 7) is 1.71. The van der Waals surface area contributed by atoms with Gasteiger partial charge in [0.2, 0.25) is 0 Å². The molecule has 0 saturated heterocycles. The van der Waals surface area contributed by atoms with E-state index in [1.807, 2.05) is 0 Å². The van der Waals surface area contributed by atoms with Gasteiger partial charge in [0.25, 0.3) is 0 Å². The van der Waals surface area contributed by atoms with E-state index in [-0.39, 0.29) is 12.4 Å². The molecule has 1 aliphatic carbocycles. The number of rotatable bonds is 1. The van der Waals surface area contributed by atoms with Crippen molar-refractivity contribution < 1.29 is 14.6 Å². The first-order chi connectivity index (χ1) is 6.57. The highest BCUT2D eigenvalue weighted by Crippen LogP contribution is 2.45. The highest BCUT2D eigenvalue weighted by atomic mass is 19.1. The molecule has 1 aliphatic rings. The Morgan fingerprint density at radius 1 is 1.57 bits per heavy atom. The molecule has 0 spiro atoms. The molecular formula is C11H13FO2. The number of fused-ring (bicyclic) bond motifs is 1. The zero-order valence-electron chi connectivity index (χ0n) is 8.00. The van der Waals surface area contributed by atoms with Gasteiger partial charge in [-0.25, -0.2) is 4.39 Å². The summed E-state index contributed by atoms with van der Waals surface area (Å²) in [7, 11) is 0. The van der Waals surface area contributed by atoms with Crippen LogP contribution in [0.15, 0.2) is 18.2 Å². The summed E-state index contributed by atoms with van der Waals surface area (Å²) < 4.78 is 12.9. The molecular weight excluding hydrogens is 183 g/mol. The van der Waals surface area contributed by atoms with Gasteiger partial charge in [0.1, 0.15) is 5.82 Å². The lowest BCUT2D eigenvalue weighted by molar-refractivity contribution is 0.00783. The monoisotopic (exact) mass is 196 g/mol. The lowest BCUT2D eigenvalue weighted by Gasteiger charge is -2.25. The Kier molecular flexibility index (Phi) is 2.09. The maximum atomic E-state index is 12.9. The number of aliphatic hydroxyl groups is 2. The van der Waals surface area contributed by atoms with Gasteiger partial charge in [0.05, 0.1) is 12.7 Å². The van der Waals surface area contributed by atoms with Crippen LogP contribution in [-0.4, -0.2) is 16.8 Å². The Balaban J connectivity index is 2.45. The summed E-state index contributed by atoms with van der Waals surface area (Å²) in [5.74, 6) is -0.293. The van der Waals surface area contributed by atoms with Crippen molar-refractivity contribution in [3.63, 3.8) is 0 Å². The minimum atomic E-state index is -0.692. The van der Waals surface area contributed by atoms with Crippen molar-refractivity contribution in [3.8, 4) is 0 Å². The smallest absolute Gasteiger partial charge is 0.123 e. The Bertz CT molecular complexity index is 364. The zero-order valence-corrected chi connectivity index (χ0v) is 8.00. The van der Waals surface area contributed by atoms with Gasteiger partial charge in [-0.05, 0) is 29.7 Å². The highest BCUT2D eigenvalue weighted by Gasteiger charge is 2.41. The first kappa shape index (κ1) is 9.62. The van der Waals surface area contributed by atoms with Gasteiger partial charge in [-0.3, -0.25) is 0 Å². The summed E-state index contributed by atoms with van der Waals surface area (Å²) in [4.78, 5) is 0. The SMILES string of the molecule is C[C@]1(CO)Cc2cc(F)ccc2[C@H]1O. The fraction of sp³-hybridized carbons (Fsp3) is 0.455. The Morgan fingerprint density at radius 2 is 2.29 bits per heavy atom. The number of hydrogen-bond acceptors (Lipinski definition) is 2. The quantitative estimate of drug-likeness (QED) is 0.713. The van der Waals surface area contributed by atoms with Gasteiger partial charge in [-0.2, -0.15) is 0 Å². The summed E-state index contributed by atoms with van der Waals surface area (Å²) in [6.07, 6.45) is -0.166. The summed E-state index contributed by atoms with van der Waals surface area (Å²) in [5, 5.41) is 19.1. The minimum absolute atomic E-state index is 0.0928. The summed E-state index contributed by atoms with van der Waals surface area (Å²) in [6, 6.07) is 4.36. The van der Waals surface area contributed by atoms with E-state index in [9.17, 15) is 14.6 Å². The molecule has 0 bridgehead atoms. The average molecular weight is 196 g/mol. The van der Waals surface area contributed by atoms with Crippen molar-refractivity contribution in [2.45, 2.75) is 19.4 Å². The molecule has 2 N–H and O–H groups in total. The van der Waals surface area contributed by atoms with Crippen LogP contribution in [0.2, 0.25) is 0 Å². The lowest BCUT2D eigenvalue weighted by Crippen LogP contribution is -2.26. The predicted octanol–water partition coefficient (Wildman–Crippen LogP) is 1.41. The third kappa shape index (κ3) is 1.24. The van der Waals surface area contributed by atoms with E-state index in [1.165, 1.54) is 12.1 Å². The lowest BCUT2D eigenvalue weighted by atomic mass is 9.86. The third-order valence-electron chi connectivity index (χ3n) is 3.02. The van der Waals surface area contributed by atoms with Crippen LogP contribution in [0.3, 0.4) is 0 Å². The van der Waals surface area contributed by atoms with E-state index in [0.29, 0.717) is 6.42 Å². The van der Waals surface area contributed by atoms with E-state index < -0.39 is 11.5 Å². The van der Waals surface area contributed by atoms with Gasteiger partial charge < -0.3 is 10.2 Å². The molecule has 1 aromatic rings. The van der Waals surface area contributed by atoms with Crippen LogP contribution in [0.4, 0.5) is 4.39 Å². The van der Waals surface area contributed by atoms with Crippen molar-refractivity contribution in [1.29, 1.82) is 0 Å². The molecule has 2 atom stereocenters. The van der Waals surface area contributed by atoms with Crippen molar-refractivity contribution in [1.82, 2.24) is 0 Å². The van der Waals surface area contributed by atoms with Gasteiger partial charge >= 0.3 is 0 Å². The van der Waals surface area contributed by atoms with E-state index >= 15 is 0 Å². The van der Waals surface area contributed by atoms with Crippen molar-refractivity contribution in [3.05, 3.63) is 35.1 Å². The van der Waals surface area contributed by atoms with Gasteiger partial charge in [0.15, 0.2) is 0 Å². The molecule has 76 valence electrons. The van der Waals surface area contributed by atoms with E-state index in [2.05, 4.69) is 0 Å². The number of benzene rings is 1. The first-order valence-electron chi connectivity index (χ1n) is 4.64. The third-order valence-corrected chi connectivity index (χ3v) is 3.02. The zero-order chi connectivity index (χ0) is 10.3. The fourth-order valence-electron chi connectivity index (χ4n) is 2.04. The maximum Gasteiger partial charge on any atom is 0.123 e. The Labute approximate surface area is 82.0 Å². The molecule has 14 heavy (non-hydrogen) atoms. The number of halogens is 1. The van der Waals surface area contributed by atoms with Gasteiger partial charge in [-0.15, -0.1) is 0 Å².